The van der Waals surface area contributed by atoms with Gasteiger partial charge < -0.3 is 14.4 Å². The number of benzene rings is 1. The van der Waals surface area contributed by atoms with Crippen molar-refractivity contribution in [2.45, 2.75) is 32.6 Å². The quantitative estimate of drug-likeness (QED) is 0.546. The Hall–Kier alpha value is -2.92. The molecule has 0 fully saturated rings. The van der Waals surface area contributed by atoms with E-state index in [2.05, 4.69) is 57.8 Å². The number of aromatic nitrogens is 2. The van der Waals surface area contributed by atoms with Crippen molar-refractivity contribution >= 4 is 5.91 Å². The van der Waals surface area contributed by atoms with Gasteiger partial charge in [-0.05, 0) is 81.6 Å². The third-order valence-corrected chi connectivity index (χ3v) is 6.38. The van der Waals surface area contributed by atoms with Crippen LogP contribution in [-0.4, -0.2) is 59.5 Å². The monoisotopic (exact) mass is 430 g/mol. The van der Waals surface area contributed by atoms with E-state index < -0.39 is 0 Å². The van der Waals surface area contributed by atoms with Gasteiger partial charge in [0.2, 0.25) is 0 Å². The van der Waals surface area contributed by atoms with Gasteiger partial charge in [-0.3, -0.25) is 4.79 Å². The number of pyridine rings is 1. The second kappa shape index (κ2) is 9.70. The highest BCUT2D eigenvalue weighted by Gasteiger charge is 2.23. The first-order chi connectivity index (χ1) is 15.4. The summed E-state index contributed by atoms with van der Waals surface area (Å²) in [6, 6.07) is 16.8. The van der Waals surface area contributed by atoms with Gasteiger partial charge in [0.25, 0.3) is 5.91 Å². The standard InChI is InChI=1S/C27H34N4O/c1-20-11-14-25-22(17-20)18-26(21-9-6-5-7-10-21)31(25)23-12-13-24(28-19-23)27(32)30(4)16-8-15-29(2)3/h5-7,9-10,12-13,18-20H,8,11,14-17H2,1-4H3. The molecule has 0 N–H and O–H groups in total. The molecule has 0 radical (unpaired) electrons. The van der Waals surface area contributed by atoms with E-state index in [1.165, 1.54) is 28.9 Å². The molecule has 1 aromatic carbocycles. The lowest BCUT2D eigenvalue weighted by molar-refractivity contribution is 0.0785. The number of carbonyl (C=O) groups excluding carboxylic acids is 1. The molecule has 0 saturated carbocycles. The second-order valence-electron chi connectivity index (χ2n) is 9.34. The van der Waals surface area contributed by atoms with Crippen molar-refractivity contribution in [1.82, 2.24) is 19.4 Å². The number of amides is 1. The Morgan fingerprint density at radius 2 is 1.88 bits per heavy atom. The molecule has 2 aromatic heterocycles. The largest absolute Gasteiger partial charge is 0.340 e. The molecular weight excluding hydrogens is 396 g/mol. The number of hydrogen-bond donors (Lipinski definition) is 0. The minimum absolute atomic E-state index is 0.0260. The molecule has 168 valence electrons. The zero-order valence-corrected chi connectivity index (χ0v) is 19.7. The summed E-state index contributed by atoms with van der Waals surface area (Å²) in [6.45, 7) is 4.02. The molecule has 0 aliphatic heterocycles. The molecule has 5 nitrogen and oxygen atoms in total. The molecule has 1 aliphatic rings. The molecule has 0 saturated heterocycles. The van der Waals surface area contributed by atoms with Crippen molar-refractivity contribution in [3.05, 3.63) is 71.7 Å². The van der Waals surface area contributed by atoms with Crippen LogP contribution in [0.4, 0.5) is 0 Å². The van der Waals surface area contributed by atoms with E-state index in [1.807, 2.05) is 39.5 Å². The highest BCUT2D eigenvalue weighted by molar-refractivity contribution is 5.92. The number of rotatable bonds is 7. The van der Waals surface area contributed by atoms with Gasteiger partial charge in [-0.2, -0.15) is 0 Å². The van der Waals surface area contributed by atoms with Gasteiger partial charge in [0.15, 0.2) is 0 Å². The molecular formula is C27H34N4O. The zero-order chi connectivity index (χ0) is 22.7. The van der Waals surface area contributed by atoms with E-state index in [4.69, 9.17) is 0 Å². The fourth-order valence-electron chi connectivity index (χ4n) is 4.59. The Kier molecular flexibility index (Phi) is 6.75. The van der Waals surface area contributed by atoms with Crippen LogP contribution in [0.2, 0.25) is 0 Å². The Morgan fingerprint density at radius 3 is 2.56 bits per heavy atom. The Balaban J connectivity index is 1.62. The summed E-state index contributed by atoms with van der Waals surface area (Å²) in [5, 5.41) is 0. The maximum Gasteiger partial charge on any atom is 0.272 e. The number of hydrogen-bond acceptors (Lipinski definition) is 3. The number of nitrogens with zero attached hydrogens (tertiary/aromatic N) is 4. The molecule has 4 rings (SSSR count). The second-order valence-corrected chi connectivity index (χ2v) is 9.34. The van der Waals surface area contributed by atoms with Crippen LogP contribution >= 0.6 is 0 Å². The lowest BCUT2D eigenvalue weighted by Crippen LogP contribution is -2.30. The van der Waals surface area contributed by atoms with Crippen LogP contribution in [0.3, 0.4) is 0 Å². The maximum absolute atomic E-state index is 12.8. The van der Waals surface area contributed by atoms with Crippen LogP contribution in [0.15, 0.2) is 54.7 Å². The van der Waals surface area contributed by atoms with Crippen LogP contribution in [0, 0.1) is 5.92 Å². The number of fused-ring (bicyclic) bond motifs is 1. The minimum atomic E-state index is -0.0260. The first-order valence-electron chi connectivity index (χ1n) is 11.6. The van der Waals surface area contributed by atoms with Crippen LogP contribution in [0.1, 0.15) is 41.5 Å². The summed E-state index contributed by atoms with van der Waals surface area (Å²) in [5.74, 6) is 0.685. The lowest BCUT2D eigenvalue weighted by atomic mass is 9.89. The van der Waals surface area contributed by atoms with Gasteiger partial charge >= 0.3 is 0 Å². The highest BCUT2D eigenvalue weighted by Crippen LogP contribution is 2.35. The van der Waals surface area contributed by atoms with Crippen molar-refractivity contribution in [3.63, 3.8) is 0 Å². The van der Waals surface area contributed by atoms with Crippen molar-refractivity contribution in [1.29, 1.82) is 0 Å². The third-order valence-electron chi connectivity index (χ3n) is 6.38. The molecule has 1 unspecified atom stereocenters. The fourth-order valence-corrected chi connectivity index (χ4v) is 4.59. The van der Waals surface area contributed by atoms with Crippen LogP contribution in [0.25, 0.3) is 16.9 Å². The van der Waals surface area contributed by atoms with Crippen LogP contribution in [-0.2, 0) is 12.8 Å². The predicted molar refractivity (Wildman–Crippen MR) is 130 cm³/mol. The molecule has 1 amide bonds. The Morgan fingerprint density at radius 1 is 1.09 bits per heavy atom. The molecule has 0 spiro atoms. The molecule has 2 heterocycles. The first-order valence-corrected chi connectivity index (χ1v) is 11.6. The summed E-state index contributed by atoms with van der Waals surface area (Å²) >= 11 is 0. The van der Waals surface area contributed by atoms with Crippen molar-refractivity contribution in [2.75, 3.05) is 34.2 Å². The van der Waals surface area contributed by atoms with E-state index in [1.54, 1.807) is 4.90 Å². The van der Waals surface area contributed by atoms with E-state index in [-0.39, 0.29) is 5.91 Å². The van der Waals surface area contributed by atoms with E-state index in [0.717, 1.165) is 38.0 Å². The van der Waals surface area contributed by atoms with E-state index in [0.29, 0.717) is 11.6 Å². The third kappa shape index (κ3) is 4.78. The molecule has 0 bridgehead atoms. The highest BCUT2D eigenvalue weighted by atomic mass is 16.2. The first kappa shape index (κ1) is 22.3. The van der Waals surface area contributed by atoms with Gasteiger partial charge in [0.1, 0.15) is 5.69 Å². The van der Waals surface area contributed by atoms with E-state index >= 15 is 0 Å². The Labute approximate surface area is 191 Å². The normalized spacial score (nSPS) is 15.6. The summed E-state index contributed by atoms with van der Waals surface area (Å²) in [6.07, 6.45) is 6.18. The molecule has 1 atom stereocenters. The smallest absolute Gasteiger partial charge is 0.272 e. The zero-order valence-electron chi connectivity index (χ0n) is 19.7. The van der Waals surface area contributed by atoms with Gasteiger partial charge in [-0.15, -0.1) is 0 Å². The van der Waals surface area contributed by atoms with Gasteiger partial charge in [0, 0.05) is 19.3 Å². The van der Waals surface area contributed by atoms with E-state index in [9.17, 15) is 4.79 Å². The molecule has 5 heteroatoms. The van der Waals surface area contributed by atoms with Gasteiger partial charge in [0.05, 0.1) is 17.6 Å². The van der Waals surface area contributed by atoms with Gasteiger partial charge in [-0.25, -0.2) is 4.98 Å². The predicted octanol–water partition coefficient (Wildman–Crippen LogP) is 4.69. The SMILES string of the molecule is CC1CCc2c(cc(-c3ccccc3)n2-c2ccc(C(=O)N(C)CCCN(C)C)nc2)C1. The lowest BCUT2D eigenvalue weighted by Gasteiger charge is -2.21. The summed E-state index contributed by atoms with van der Waals surface area (Å²) < 4.78 is 2.35. The molecule has 3 aromatic rings. The fraction of sp³-hybridized carbons (Fsp3) is 0.407. The minimum Gasteiger partial charge on any atom is -0.340 e. The van der Waals surface area contributed by atoms with Crippen LogP contribution < -0.4 is 0 Å². The summed E-state index contributed by atoms with van der Waals surface area (Å²) in [7, 11) is 5.95. The molecule has 32 heavy (non-hydrogen) atoms. The van der Waals surface area contributed by atoms with Crippen LogP contribution in [0.5, 0.6) is 0 Å². The van der Waals surface area contributed by atoms with Gasteiger partial charge in [-0.1, -0.05) is 37.3 Å². The van der Waals surface area contributed by atoms with Crippen molar-refractivity contribution in [2.24, 2.45) is 5.92 Å². The topological polar surface area (TPSA) is 41.4 Å². The summed E-state index contributed by atoms with van der Waals surface area (Å²) in [4.78, 5) is 21.3. The number of carbonyl (C=O) groups is 1. The van der Waals surface area contributed by atoms with Crippen molar-refractivity contribution < 1.29 is 4.79 Å². The summed E-state index contributed by atoms with van der Waals surface area (Å²) in [5.41, 5.74) is 6.73. The maximum atomic E-state index is 12.8. The molecule has 1 aliphatic carbocycles. The average Bonchev–Trinajstić information content (AvgIpc) is 3.17. The Bertz CT molecular complexity index is 1050. The van der Waals surface area contributed by atoms with Crippen molar-refractivity contribution in [3.8, 4) is 16.9 Å². The average molecular weight is 431 g/mol.